The summed E-state index contributed by atoms with van der Waals surface area (Å²) >= 11 is 0. The molecule has 136 valence electrons. The summed E-state index contributed by atoms with van der Waals surface area (Å²) in [4.78, 5) is 16.9. The zero-order chi connectivity index (χ0) is 18.6. The number of carbonyl (C=O) groups is 1. The van der Waals surface area contributed by atoms with Crippen LogP contribution in [0.1, 0.15) is 54.0 Å². The van der Waals surface area contributed by atoms with E-state index < -0.39 is 0 Å². The molecule has 25 heavy (non-hydrogen) atoms. The topological polar surface area (TPSA) is 41.4 Å². The molecule has 0 spiro atoms. The van der Waals surface area contributed by atoms with Gasteiger partial charge in [0.2, 0.25) is 0 Å². The normalized spacial score (nSPS) is 11.4. The summed E-state index contributed by atoms with van der Waals surface area (Å²) in [5, 5.41) is 4.56. The molecule has 0 saturated heterocycles. The molecule has 0 aliphatic rings. The first kappa shape index (κ1) is 19.2. The molecule has 0 bridgehead atoms. The Morgan fingerprint density at radius 1 is 1.12 bits per heavy atom. The van der Waals surface area contributed by atoms with Gasteiger partial charge in [0.15, 0.2) is 0 Å². The summed E-state index contributed by atoms with van der Waals surface area (Å²) in [5.41, 5.74) is 4.06. The molecule has 0 atom stereocenters. The number of carbonyl (C=O) groups excluding carboxylic acids is 1. The smallest absolute Gasteiger partial charge is 0.272 e. The molecule has 2 rings (SSSR count). The molecule has 5 heteroatoms. The summed E-state index contributed by atoms with van der Waals surface area (Å²) < 4.78 is 1.81. The van der Waals surface area contributed by atoms with Crippen LogP contribution in [0.3, 0.4) is 0 Å². The van der Waals surface area contributed by atoms with Gasteiger partial charge in [-0.15, -0.1) is 0 Å². The van der Waals surface area contributed by atoms with Crippen LogP contribution in [-0.2, 0) is 19.6 Å². The van der Waals surface area contributed by atoms with E-state index in [1.54, 1.807) is 9.58 Å². The van der Waals surface area contributed by atoms with Gasteiger partial charge in [0, 0.05) is 26.7 Å². The van der Waals surface area contributed by atoms with Gasteiger partial charge in [0.1, 0.15) is 5.69 Å². The van der Waals surface area contributed by atoms with Crippen molar-refractivity contribution in [2.45, 2.75) is 46.3 Å². The van der Waals surface area contributed by atoms with E-state index in [0.29, 0.717) is 24.7 Å². The lowest BCUT2D eigenvalue weighted by Gasteiger charge is -2.21. The zero-order valence-corrected chi connectivity index (χ0v) is 16.3. The van der Waals surface area contributed by atoms with Crippen LogP contribution in [0.5, 0.6) is 0 Å². The summed E-state index contributed by atoms with van der Waals surface area (Å²) in [5.74, 6) is 0.325. The summed E-state index contributed by atoms with van der Waals surface area (Å²) in [6.07, 6.45) is 0. The van der Waals surface area contributed by atoms with E-state index in [1.807, 2.05) is 32.2 Å². The summed E-state index contributed by atoms with van der Waals surface area (Å²) in [6.45, 7) is 8.35. The minimum atomic E-state index is 0.0147. The molecule has 0 aliphatic carbocycles. The third-order valence-corrected chi connectivity index (χ3v) is 4.27. The standard InChI is InChI=1S/C20H30N4O/c1-7-24-19(12-18(21-24)15(2)3)20(25)23(6)14-17-11-9-8-10-16(17)13-22(4)5/h8-12,15H,7,13-14H2,1-6H3. The average molecular weight is 342 g/mol. The van der Waals surface area contributed by atoms with Crippen molar-refractivity contribution in [1.82, 2.24) is 19.6 Å². The van der Waals surface area contributed by atoms with Crippen LogP contribution >= 0.6 is 0 Å². The molecule has 1 aromatic carbocycles. The Bertz CT molecular complexity index is 718. The van der Waals surface area contributed by atoms with Crippen LogP contribution in [0.4, 0.5) is 0 Å². The van der Waals surface area contributed by atoms with Gasteiger partial charge in [-0.3, -0.25) is 9.48 Å². The lowest BCUT2D eigenvalue weighted by atomic mass is 10.1. The summed E-state index contributed by atoms with van der Waals surface area (Å²) in [6, 6.07) is 10.2. The van der Waals surface area contributed by atoms with Crippen molar-refractivity contribution >= 4 is 5.91 Å². The van der Waals surface area contributed by atoms with E-state index >= 15 is 0 Å². The van der Waals surface area contributed by atoms with E-state index in [9.17, 15) is 4.79 Å². The van der Waals surface area contributed by atoms with Crippen molar-refractivity contribution in [2.24, 2.45) is 0 Å². The van der Waals surface area contributed by atoms with Gasteiger partial charge in [0.05, 0.1) is 5.69 Å². The Morgan fingerprint density at radius 2 is 1.72 bits per heavy atom. The highest BCUT2D eigenvalue weighted by Crippen LogP contribution is 2.18. The second kappa shape index (κ2) is 8.30. The Morgan fingerprint density at radius 3 is 2.24 bits per heavy atom. The van der Waals surface area contributed by atoms with Gasteiger partial charge >= 0.3 is 0 Å². The average Bonchev–Trinajstić information content (AvgIpc) is 3.00. The molecule has 0 radical (unpaired) electrons. The van der Waals surface area contributed by atoms with Crippen LogP contribution in [0.25, 0.3) is 0 Å². The number of hydrogen-bond donors (Lipinski definition) is 0. The van der Waals surface area contributed by atoms with Crippen molar-refractivity contribution in [3.63, 3.8) is 0 Å². The first-order valence-corrected chi connectivity index (χ1v) is 8.88. The number of aromatic nitrogens is 2. The Labute approximate surface area is 151 Å². The predicted octanol–water partition coefficient (Wildman–Crippen LogP) is 3.36. The van der Waals surface area contributed by atoms with E-state index in [2.05, 4.69) is 50.1 Å². The fourth-order valence-electron chi connectivity index (χ4n) is 2.86. The van der Waals surface area contributed by atoms with Gasteiger partial charge < -0.3 is 9.80 Å². The molecular weight excluding hydrogens is 312 g/mol. The number of nitrogens with zero attached hydrogens (tertiary/aromatic N) is 4. The number of hydrogen-bond acceptors (Lipinski definition) is 3. The Kier molecular flexibility index (Phi) is 6.37. The minimum absolute atomic E-state index is 0.0147. The highest BCUT2D eigenvalue weighted by Gasteiger charge is 2.20. The van der Waals surface area contributed by atoms with Crippen LogP contribution in [0.2, 0.25) is 0 Å². The van der Waals surface area contributed by atoms with Crippen LogP contribution in [-0.4, -0.2) is 46.6 Å². The minimum Gasteiger partial charge on any atom is -0.336 e. The number of aryl methyl sites for hydroxylation is 1. The van der Waals surface area contributed by atoms with Gasteiger partial charge in [-0.1, -0.05) is 38.1 Å². The maximum absolute atomic E-state index is 13.0. The van der Waals surface area contributed by atoms with Crippen LogP contribution < -0.4 is 0 Å². The van der Waals surface area contributed by atoms with E-state index in [0.717, 1.165) is 12.2 Å². The molecule has 5 nitrogen and oxygen atoms in total. The fraction of sp³-hybridized carbons (Fsp3) is 0.500. The van der Waals surface area contributed by atoms with Crippen molar-refractivity contribution in [3.05, 3.63) is 52.8 Å². The van der Waals surface area contributed by atoms with Crippen LogP contribution in [0, 0.1) is 0 Å². The predicted molar refractivity (Wildman–Crippen MR) is 102 cm³/mol. The summed E-state index contributed by atoms with van der Waals surface area (Å²) in [7, 11) is 5.97. The molecule has 0 saturated carbocycles. The van der Waals surface area contributed by atoms with E-state index in [1.165, 1.54) is 11.1 Å². The van der Waals surface area contributed by atoms with Gasteiger partial charge in [-0.25, -0.2) is 0 Å². The third-order valence-electron chi connectivity index (χ3n) is 4.27. The quantitative estimate of drug-likeness (QED) is 0.775. The highest BCUT2D eigenvalue weighted by atomic mass is 16.2. The Hall–Kier alpha value is -2.14. The number of benzene rings is 1. The zero-order valence-electron chi connectivity index (χ0n) is 16.3. The van der Waals surface area contributed by atoms with E-state index in [4.69, 9.17) is 0 Å². The molecule has 0 unspecified atom stereocenters. The Balaban J connectivity index is 2.21. The van der Waals surface area contributed by atoms with Crippen molar-refractivity contribution in [1.29, 1.82) is 0 Å². The van der Waals surface area contributed by atoms with Gasteiger partial charge in [-0.2, -0.15) is 5.10 Å². The maximum Gasteiger partial charge on any atom is 0.272 e. The molecule has 1 amide bonds. The molecule has 1 heterocycles. The maximum atomic E-state index is 13.0. The molecule has 1 aromatic heterocycles. The SMILES string of the molecule is CCn1nc(C(C)C)cc1C(=O)N(C)Cc1ccccc1CN(C)C. The third kappa shape index (κ3) is 4.69. The molecule has 0 fully saturated rings. The molecule has 2 aromatic rings. The number of amides is 1. The van der Waals surface area contributed by atoms with Gasteiger partial charge in [0.25, 0.3) is 5.91 Å². The largest absolute Gasteiger partial charge is 0.336 e. The second-order valence-corrected chi connectivity index (χ2v) is 7.09. The highest BCUT2D eigenvalue weighted by molar-refractivity contribution is 5.92. The van der Waals surface area contributed by atoms with E-state index in [-0.39, 0.29) is 5.91 Å². The first-order chi connectivity index (χ1) is 11.8. The van der Waals surface area contributed by atoms with Crippen molar-refractivity contribution in [2.75, 3.05) is 21.1 Å². The molecule has 0 N–H and O–H groups in total. The molecular formula is C20H30N4O. The second-order valence-electron chi connectivity index (χ2n) is 7.09. The van der Waals surface area contributed by atoms with Crippen molar-refractivity contribution < 1.29 is 4.79 Å². The molecule has 0 aliphatic heterocycles. The number of rotatable bonds is 7. The first-order valence-electron chi connectivity index (χ1n) is 8.88. The van der Waals surface area contributed by atoms with Crippen LogP contribution in [0.15, 0.2) is 30.3 Å². The van der Waals surface area contributed by atoms with Gasteiger partial charge in [-0.05, 0) is 44.1 Å². The van der Waals surface area contributed by atoms with Crippen molar-refractivity contribution in [3.8, 4) is 0 Å². The lowest BCUT2D eigenvalue weighted by molar-refractivity contribution is 0.0772. The fourth-order valence-corrected chi connectivity index (χ4v) is 2.86. The monoisotopic (exact) mass is 342 g/mol. The lowest BCUT2D eigenvalue weighted by Crippen LogP contribution is -2.29.